The Labute approximate surface area is 228 Å². The largest absolute Gasteiger partial charge is 0.492 e. The van der Waals surface area contributed by atoms with E-state index in [4.69, 9.17) is 9.47 Å². The molecule has 3 aromatic carbocycles. The maximum atomic E-state index is 13.8. The van der Waals surface area contributed by atoms with Crippen LogP contribution in [0, 0.1) is 5.82 Å². The van der Waals surface area contributed by atoms with Crippen LogP contribution >= 0.6 is 0 Å². The fraction of sp³-hybridized carbons (Fsp3) is 0.250. The molecular formula is C32H32FN3O3. The number of ether oxygens (including phenoxy) is 2. The minimum Gasteiger partial charge on any atom is -0.492 e. The maximum absolute atomic E-state index is 13.8. The smallest absolute Gasteiger partial charge is 0.254 e. The number of hydrogen-bond acceptors (Lipinski definition) is 5. The Balaban J connectivity index is 1.32. The molecule has 2 heterocycles. The second-order valence-corrected chi connectivity index (χ2v) is 9.52. The van der Waals surface area contributed by atoms with Gasteiger partial charge in [0, 0.05) is 37.9 Å². The summed E-state index contributed by atoms with van der Waals surface area (Å²) < 4.78 is 24.9. The second-order valence-electron chi connectivity index (χ2n) is 9.52. The predicted octanol–water partition coefficient (Wildman–Crippen LogP) is 5.44. The first-order chi connectivity index (χ1) is 19.1. The van der Waals surface area contributed by atoms with Crippen molar-refractivity contribution in [1.29, 1.82) is 0 Å². The molecule has 1 aromatic heterocycles. The number of aromatic nitrogens is 1. The van der Waals surface area contributed by atoms with Gasteiger partial charge in [0.05, 0.1) is 25.5 Å². The van der Waals surface area contributed by atoms with Gasteiger partial charge in [-0.3, -0.25) is 14.7 Å². The van der Waals surface area contributed by atoms with Crippen LogP contribution < -0.4 is 4.74 Å². The summed E-state index contributed by atoms with van der Waals surface area (Å²) in [6.45, 7) is 5.59. The van der Waals surface area contributed by atoms with Crippen molar-refractivity contribution in [3.8, 4) is 16.9 Å². The molecular weight excluding hydrogens is 493 g/mol. The van der Waals surface area contributed by atoms with Gasteiger partial charge in [-0.05, 0) is 65.2 Å². The number of morpholine rings is 1. The fourth-order valence-electron chi connectivity index (χ4n) is 4.61. The number of benzene rings is 3. The molecule has 1 amide bonds. The van der Waals surface area contributed by atoms with Crippen LogP contribution in [0.3, 0.4) is 0 Å². The second kappa shape index (κ2) is 13.1. The van der Waals surface area contributed by atoms with E-state index in [0.717, 1.165) is 61.0 Å². The highest BCUT2D eigenvalue weighted by atomic mass is 19.1. The van der Waals surface area contributed by atoms with E-state index >= 15 is 0 Å². The molecule has 200 valence electrons. The highest BCUT2D eigenvalue weighted by Crippen LogP contribution is 2.23. The topological polar surface area (TPSA) is 54.9 Å². The number of nitrogens with zero attached hydrogens (tertiary/aromatic N) is 3. The van der Waals surface area contributed by atoms with Crippen molar-refractivity contribution in [2.75, 3.05) is 39.5 Å². The third-order valence-corrected chi connectivity index (χ3v) is 6.71. The first-order valence-corrected chi connectivity index (χ1v) is 13.2. The Kier molecular flexibility index (Phi) is 8.94. The lowest BCUT2D eigenvalue weighted by atomic mass is 10.0. The van der Waals surface area contributed by atoms with Gasteiger partial charge in [-0.15, -0.1) is 0 Å². The molecule has 0 bridgehead atoms. The molecule has 0 radical (unpaired) electrons. The first-order valence-electron chi connectivity index (χ1n) is 13.2. The molecule has 1 aliphatic heterocycles. The Morgan fingerprint density at radius 3 is 2.51 bits per heavy atom. The summed E-state index contributed by atoms with van der Waals surface area (Å²) in [4.78, 5) is 22.4. The van der Waals surface area contributed by atoms with Gasteiger partial charge in [0.1, 0.15) is 18.2 Å². The summed E-state index contributed by atoms with van der Waals surface area (Å²) in [5.41, 5.74) is 4.04. The Bertz CT molecular complexity index is 1360. The zero-order valence-electron chi connectivity index (χ0n) is 21.8. The molecule has 0 atom stereocenters. The molecule has 0 saturated carbocycles. The average Bonchev–Trinajstić information content (AvgIpc) is 2.98. The van der Waals surface area contributed by atoms with E-state index in [9.17, 15) is 9.18 Å². The SMILES string of the molecule is O=C(c1cccc(-c2ccc(F)cc2)c1)N(Cc1cccc(OCCN2CCOCC2)c1)Cc1ccccn1. The van der Waals surface area contributed by atoms with Gasteiger partial charge >= 0.3 is 0 Å². The van der Waals surface area contributed by atoms with Crippen LogP contribution in [-0.2, 0) is 17.8 Å². The highest BCUT2D eigenvalue weighted by Gasteiger charge is 2.19. The Morgan fingerprint density at radius 2 is 1.72 bits per heavy atom. The van der Waals surface area contributed by atoms with Crippen LogP contribution in [-0.4, -0.2) is 60.1 Å². The van der Waals surface area contributed by atoms with Gasteiger partial charge in [0.15, 0.2) is 0 Å². The summed E-state index contributed by atoms with van der Waals surface area (Å²) in [6, 6.07) is 27.3. The van der Waals surface area contributed by atoms with Crippen molar-refractivity contribution in [2.45, 2.75) is 13.1 Å². The van der Waals surface area contributed by atoms with E-state index < -0.39 is 0 Å². The number of pyridine rings is 1. The number of halogens is 1. The molecule has 39 heavy (non-hydrogen) atoms. The van der Waals surface area contributed by atoms with Crippen LogP contribution in [0.15, 0.2) is 97.2 Å². The van der Waals surface area contributed by atoms with Gasteiger partial charge < -0.3 is 14.4 Å². The number of rotatable bonds is 10. The minimum absolute atomic E-state index is 0.108. The number of amides is 1. The molecule has 7 heteroatoms. The quantitative estimate of drug-likeness (QED) is 0.276. The first kappa shape index (κ1) is 26.5. The number of carbonyl (C=O) groups is 1. The third-order valence-electron chi connectivity index (χ3n) is 6.71. The van der Waals surface area contributed by atoms with Gasteiger partial charge in [-0.25, -0.2) is 4.39 Å². The molecule has 1 aliphatic rings. The van der Waals surface area contributed by atoms with E-state index in [1.165, 1.54) is 12.1 Å². The highest BCUT2D eigenvalue weighted by molar-refractivity contribution is 5.95. The van der Waals surface area contributed by atoms with Crippen molar-refractivity contribution in [1.82, 2.24) is 14.8 Å². The lowest BCUT2D eigenvalue weighted by Crippen LogP contribution is -2.38. The van der Waals surface area contributed by atoms with Crippen molar-refractivity contribution in [3.05, 3.63) is 120 Å². The molecule has 0 unspecified atom stereocenters. The Morgan fingerprint density at radius 1 is 0.897 bits per heavy atom. The maximum Gasteiger partial charge on any atom is 0.254 e. The molecule has 0 spiro atoms. The van der Waals surface area contributed by atoms with Gasteiger partial charge in [0.2, 0.25) is 0 Å². The standard InChI is InChI=1S/C32H32FN3O3/c33-29-12-10-26(11-13-29)27-6-4-7-28(22-27)32(37)36(24-30-8-1-2-14-34-30)23-25-5-3-9-31(21-25)39-20-17-35-15-18-38-19-16-35/h1-14,21-22H,15-20,23-24H2. The van der Waals surface area contributed by atoms with Crippen LogP contribution in [0.1, 0.15) is 21.6 Å². The summed E-state index contributed by atoms with van der Waals surface area (Å²) in [6.07, 6.45) is 1.73. The third kappa shape index (κ3) is 7.50. The van der Waals surface area contributed by atoms with E-state index in [1.807, 2.05) is 66.7 Å². The summed E-state index contributed by atoms with van der Waals surface area (Å²) in [5, 5.41) is 0. The van der Waals surface area contributed by atoms with Crippen molar-refractivity contribution < 1.29 is 18.7 Å². The molecule has 1 saturated heterocycles. The molecule has 6 nitrogen and oxygen atoms in total. The average molecular weight is 526 g/mol. The van der Waals surface area contributed by atoms with Gasteiger partial charge in [-0.1, -0.05) is 42.5 Å². The van der Waals surface area contributed by atoms with Gasteiger partial charge in [0.25, 0.3) is 5.91 Å². The van der Waals surface area contributed by atoms with E-state index in [1.54, 1.807) is 23.2 Å². The van der Waals surface area contributed by atoms with Crippen LogP contribution in [0.2, 0.25) is 0 Å². The van der Waals surface area contributed by atoms with Gasteiger partial charge in [-0.2, -0.15) is 0 Å². The van der Waals surface area contributed by atoms with Crippen LogP contribution in [0.5, 0.6) is 5.75 Å². The predicted molar refractivity (Wildman–Crippen MR) is 149 cm³/mol. The fourth-order valence-corrected chi connectivity index (χ4v) is 4.61. The molecule has 5 rings (SSSR count). The van der Waals surface area contributed by atoms with E-state index in [2.05, 4.69) is 9.88 Å². The monoisotopic (exact) mass is 525 g/mol. The summed E-state index contributed by atoms with van der Waals surface area (Å²) >= 11 is 0. The molecule has 0 N–H and O–H groups in total. The minimum atomic E-state index is -0.292. The zero-order valence-corrected chi connectivity index (χ0v) is 21.8. The zero-order chi connectivity index (χ0) is 26.9. The lowest BCUT2D eigenvalue weighted by Gasteiger charge is -2.26. The summed E-state index contributed by atoms with van der Waals surface area (Å²) in [5.74, 6) is 0.382. The molecule has 0 aliphatic carbocycles. The number of hydrogen-bond donors (Lipinski definition) is 0. The van der Waals surface area contributed by atoms with Crippen molar-refractivity contribution in [3.63, 3.8) is 0 Å². The van der Waals surface area contributed by atoms with E-state index in [0.29, 0.717) is 25.3 Å². The van der Waals surface area contributed by atoms with E-state index in [-0.39, 0.29) is 11.7 Å². The van der Waals surface area contributed by atoms with Crippen molar-refractivity contribution >= 4 is 5.91 Å². The normalized spacial score (nSPS) is 13.7. The molecule has 1 fully saturated rings. The number of carbonyl (C=O) groups excluding carboxylic acids is 1. The Hall–Kier alpha value is -4.07. The molecule has 4 aromatic rings. The summed E-state index contributed by atoms with van der Waals surface area (Å²) in [7, 11) is 0. The van der Waals surface area contributed by atoms with Crippen LogP contribution in [0.4, 0.5) is 4.39 Å². The van der Waals surface area contributed by atoms with Crippen molar-refractivity contribution in [2.24, 2.45) is 0 Å². The van der Waals surface area contributed by atoms with Crippen LogP contribution in [0.25, 0.3) is 11.1 Å². The lowest BCUT2D eigenvalue weighted by molar-refractivity contribution is 0.0322.